The van der Waals surface area contributed by atoms with Crippen LogP contribution in [0.5, 0.6) is 0 Å². The number of hydrogen-bond donors (Lipinski definition) is 0. The van der Waals surface area contributed by atoms with Crippen LogP contribution in [0.25, 0.3) is 16.2 Å². The summed E-state index contributed by atoms with van der Waals surface area (Å²) in [7, 11) is 0. The molecule has 2 aromatic rings. The molecule has 0 spiro atoms. The largest absolute Gasteiger partial charge is 0.294 e. The van der Waals surface area contributed by atoms with E-state index in [1.165, 1.54) is 18.3 Å². The average Bonchev–Trinajstić information content (AvgIpc) is 2.78. The van der Waals surface area contributed by atoms with Crippen molar-refractivity contribution in [1.29, 1.82) is 10.5 Å². The van der Waals surface area contributed by atoms with E-state index in [0.717, 1.165) is 15.6 Å². The number of nitrogens with zero attached hydrogens (tertiary/aromatic N) is 2. The van der Waals surface area contributed by atoms with Crippen molar-refractivity contribution in [2.24, 2.45) is 0 Å². The maximum Gasteiger partial charge on any atom is 0.170 e. The Hall–Kier alpha value is -2.43. The van der Waals surface area contributed by atoms with Gasteiger partial charge in [-0.05, 0) is 30.0 Å². The van der Waals surface area contributed by atoms with E-state index in [4.69, 9.17) is 10.5 Å². The van der Waals surface area contributed by atoms with E-state index in [0.29, 0.717) is 5.56 Å². The molecule has 0 aliphatic carbocycles. The molecule has 1 heterocycles. The van der Waals surface area contributed by atoms with E-state index in [1.807, 2.05) is 17.5 Å². The monoisotopic (exact) mass is 252 g/mol. The van der Waals surface area contributed by atoms with Crippen LogP contribution in [0.3, 0.4) is 0 Å². The van der Waals surface area contributed by atoms with Gasteiger partial charge in [-0.1, -0.05) is 12.1 Å². The highest BCUT2D eigenvalue weighted by molar-refractivity contribution is 7.17. The fourth-order valence-electron chi connectivity index (χ4n) is 1.65. The van der Waals surface area contributed by atoms with Gasteiger partial charge >= 0.3 is 0 Å². The Morgan fingerprint density at radius 2 is 2.17 bits per heavy atom. The highest BCUT2D eigenvalue weighted by Crippen LogP contribution is 2.30. The third-order valence-electron chi connectivity index (χ3n) is 2.55. The summed E-state index contributed by atoms with van der Waals surface area (Å²) < 4.78 is 0.882. The topological polar surface area (TPSA) is 64.7 Å². The van der Waals surface area contributed by atoms with Gasteiger partial charge in [-0.25, -0.2) is 0 Å². The van der Waals surface area contributed by atoms with Crippen molar-refractivity contribution >= 4 is 33.3 Å². The lowest BCUT2D eigenvalue weighted by molar-refractivity contribution is -0.113. The van der Waals surface area contributed by atoms with Crippen LogP contribution in [0.2, 0.25) is 0 Å². The van der Waals surface area contributed by atoms with E-state index in [9.17, 15) is 4.79 Å². The van der Waals surface area contributed by atoms with Crippen molar-refractivity contribution in [3.05, 3.63) is 40.3 Å². The van der Waals surface area contributed by atoms with Crippen LogP contribution in [-0.4, -0.2) is 5.78 Å². The number of nitriles is 2. The number of ketones is 1. The number of fused-ring (bicyclic) bond motifs is 1. The first-order valence-electron chi connectivity index (χ1n) is 5.20. The number of thiophene rings is 1. The molecule has 0 saturated heterocycles. The molecule has 0 N–H and O–H groups in total. The number of Topliss-reactive ketones (excluding diaryl/α,β-unsaturated/α-hetero) is 1. The van der Waals surface area contributed by atoms with Gasteiger partial charge in [0.05, 0.1) is 15.8 Å². The second-order valence-electron chi connectivity index (χ2n) is 3.71. The molecule has 0 saturated carbocycles. The van der Waals surface area contributed by atoms with E-state index in [1.54, 1.807) is 18.2 Å². The van der Waals surface area contributed by atoms with Crippen molar-refractivity contribution in [3.8, 4) is 12.1 Å². The van der Waals surface area contributed by atoms with Gasteiger partial charge in [0.1, 0.15) is 12.1 Å². The second-order valence-corrected chi connectivity index (χ2v) is 4.59. The van der Waals surface area contributed by atoms with E-state index in [-0.39, 0.29) is 11.4 Å². The van der Waals surface area contributed by atoms with Crippen molar-refractivity contribution in [2.45, 2.75) is 6.92 Å². The van der Waals surface area contributed by atoms with Gasteiger partial charge in [0.2, 0.25) is 0 Å². The predicted octanol–water partition coefficient (Wildman–Crippen LogP) is 3.27. The van der Waals surface area contributed by atoms with Gasteiger partial charge in [-0.2, -0.15) is 10.5 Å². The average molecular weight is 252 g/mol. The minimum Gasteiger partial charge on any atom is -0.294 e. The zero-order chi connectivity index (χ0) is 13.1. The number of allylic oxidation sites excluding steroid dienone is 1. The Balaban J connectivity index is 2.66. The Morgan fingerprint density at radius 1 is 1.39 bits per heavy atom. The zero-order valence-electron chi connectivity index (χ0n) is 9.60. The molecule has 4 heteroatoms. The fraction of sp³-hybridized carbons (Fsp3) is 0.0714. The lowest BCUT2D eigenvalue weighted by Crippen LogP contribution is -1.92. The fourth-order valence-corrected chi connectivity index (χ4v) is 2.64. The Morgan fingerprint density at radius 3 is 2.78 bits per heavy atom. The van der Waals surface area contributed by atoms with E-state index in [2.05, 4.69) is 6.07 Å². The molecule has 0 unspecified atom stereocenters. The van der Waals surface area contributed by atoms with Crippen molar-refractivity contribution in [1.82, 2.24) is 0 Å². The summed E-state index contributed by atoms with van der Waals surface area (Å²) >= 11 is 1.44. The third-order valence-corrected chi connectivity index (χ3v) is 3.60. The summed E-state index contributed by atoms with van der Waals surface area (Å²) in [6.45, 7) is 1.37. The molecule has 0 amide bonds. The van der Waals surface area contributed by atoms with E-state index >= 15 is 0 Å². The SMILES string of the molecule is CC(=O)/C(C#N)=C/c1csc2c(C#N)cccc12. The van der Waals surface area contributed by atoms with Crippen LogP contribution in [0, 0.1) is 22.7 Å². The van der Waals surface area contributed by atoms with Gasteiger partial charge in [-0.3, -0.25) is 4.79 Å². The maximum atomic E-state index is 11.2. The van der Waals surface area contributed by atoms with Gasteiger partial charge in [-0.15, -0.1) is 11.3 Å². The van der Waals surface area contributed by atoms with Gasteiger partial charge in [0.25, 0.3) is 0 Å². The number of benzene rings is 1. The summed E-state index contributed by atoms with van der Waals surface area (Å²) in [6.07, 6.45) is 1.57. The molecule has 1 aromatic heterocycles. The van der Waals surface area contributed by atoms with Crippen LogP contribution in [0.4, 0.5) is 0 Å². The highest BCUT2D eigenvalue weighted by Gasteiger charge is 2.08. The Labute approximate surface area is 108 Å². The molecule has 3 nitrogen and oxygen atoms in total. The molecular formula is C14H8N2OS. The molecule has 1 aromatic carbocycles. The molecule has 0 radical (unpaired) electrons. The first-order valence-corrected chi connectivity index (χ1v) is 6.08. The molecule has 0 bridgehead atoms. The van der Waals surface area contributed by atoms with E-state index < -0.39 is 0 Å². The third kappa shape index (κ3) is 2.02. The molecule has 18 heavy (non-hydrogen) atoms. The van der Waals surface area contributed by atoms with Crippen LogP contribution in [0.15, 0.2) is 29.2 Å². The van der Waals surface area contributed by atoms with Crippen molar-refractivity contribution in [2.75, 3.05) is 0 Å². The summed E-state index contributed by atoms with van der Waals surface area (Å²) in [5, 5.41) is 20.6. The summed E-state index contributed by atoms with van der Waals surface area (Å²) in [5.41, 5.74) is 1.54. The van der Waals surface area contributed by atoms with Crippen molar-refractivity contribution < 1.29 is 4.79 Å². The van der Waals surface area contributed by atoms with Crippen LogP contribution >= 0.6 is 11.3 Å². The number of carbonyl (C=O) groups is 1. The quantitative estimate of drug-likeness (QED) is 0.608. The first-order chi connectivity index (χ1) is 8.67. The van der Waals surface area contributed by atoms with Gasteiger partial charge in [0.15, 0.2) is 5.78 Å². The normalized spacial score (nSPS) is 10.9. The zero-order valence-corrected chi connectivity index (χ0v) is 10.4. The molecule has 0 atom stereocenters. The minimum atomic E-state index is -0.256. The smallest absolute Gasteiger partial charge is 0.170 e. The maximum absolute atomic E-state index is 11.2. The number of carbonyl (C=O) groups excluding carboxylic acids is 1. The van der Waals surface area contributed by atoms with Crippen LogP contribution < -0.4 is 0 Å². The molecule has 0 fully saturated rings. The predicted molar refractivity (Wildman–Crippen MR) is 70.8 cm³/mol. The summed E-state index contributed by atoms with van der Waals surface area (Å²) in [5.74, 6) is -0.256. The second kappa shape index (κ2) is 4.83. The van der Waals surface area contributed by atoms with Crippen molar-refractivity contribution in [3.63, 3.8) is 0 Å². The Bertz CT molecular complexity index is 741. The Kier molecular flexibility index (Phi) is 3.23. The summed E-state index contributed by atoms with van der Waals surface area (Å²) in [4.78, 5) is 11.2. The highest BCUT2D eigenvalue weighted by atomic mass is 32.1. The minimum absolute atomic E-state index is 0.122. The van der Waals surface area contributed by atoms with Gasteiger partial charge in [0, 0.05) is 5.39 Å². The standard InChI is InChI=1S/C14H8N2OS/c1-9(17)11(7-16)5-12-8-18-14-10(6-15)3-2-4-13(12)14/h2-5,8H,1H3/b11-5+. The summed E-state index contributed by atoms with van der Waals surface area (Å²) in [6, 6.07) is 9.45. The lowest BCUT2D eigenvalue weighted by atomic mass is 10.1. The number of hydrogen-bond acceptors (Lipinski definition) is 4. The van der Waals surface area contributed by atoms with Crippen LogP contribution in [-0.2, 0) is 4.79 Å². The number of rotatable bonds is 2. The van der Waals surface area contributed by atoms with Gasteiger partial charge < -0.3 is 0 Å². The first kappa shape index (κ1) is 12.0. The molecular weight excluding hydrogens is 244 g/mol. The molecule has 0 aliphatic heterocycles. The molecule has 2 rings (SSSR count). The molecule has 0 aliphatic rings. The van der Waals surface area contributed by atoms with Crippen LogP contribution in [0.1, 0.15) is 18.1 Å². The lowest BCUT2D eigenvalue weighted by Gasteiger charge is -1.95. The molecule has 86 valence electrons.